The van der Waals surface area contributed by atoms with Crippen LogP contribution in [0.15, 0.2) is 124 Å². The van der Waals surface area contributed by atoms with E-state index in [0.29, 0.717) is 57.7 Å². The van der Waals surface area contributed by atoms with Crippen molar-refractivity contribution in [2.45, 2.75) is 46.1 Å². The zero-order chi connectivity index (χ0) is 35.3. The van der Waals surface area contributed by atoms with Crippen molar-refractivity contribution in [1.29, 1.82) is 0 Å². The highest BCUT2D eigenvalue weighted by Gasteiger charge is 2.33. The molecular formula is C41H40N2O6S. The highest BCUT2D eigenvalue weighted by atomic mass is 32.1. The fraction of sp³-hybridized carbons (Fsp3) is 0.244. The average Bonchev–Trinajstić information content (AvgIpc) is 3.41. The minimum Gasteiger partial charge on any atom is -0.490 e. The number of nitrogens with zero attached hydrogens (tertiary/aromatic N) is 2. The minimum atomic E-state index is -0.709. The maximum absolute atomic E-state index is 14.1. The Kier molecular flexibility index (Phi) is 10.3. The Labute approximate surface area is 295 Å². The van der Waals surface area contributed by atoms with Gasteiger partial charge in [-0.25, -0.2) is 9.79 Å². The summed E-state index contributed by atoms with van der Waals surface area (Å²) in [5.74, 6) is 1.79. The molecule has 0 saturated carbocycles. The predicted octanol–water partition coefficient (Wildman–Crippen LogP) is 6.99. The lowest BCUT2D eigenvalue weighted by molar-refractivity contribution is -0.130. The lowest BCUT2D eigenvalue weighted by Crippen LogP contribution is -2.40. The van der Waals surface area contributed by atoms with Gasteiger partial charge in [-0.05, 0) is 78.4 Å². The molecule has 6 rings (SSSR count). The molecule has 1 atom stereocenters. The summed E-state index contributed by atoms with van der Waals surface area (Å²) >= 11 is 1.27. The van der Waals surface area contributed by atoms with Crippen LogP contribution in [-0.4, -0.2) is 30.4 Å². The van der Waals surface area contributed by atoms with Gasteiger partial charge in [0.25, 0.3) is 5.56 Å². The maximum Gasteiger partial charge on any atom is 0.343 e. The number of carbonyl (C=O) groups excluding carboxylic acids is 1. The van der Waals surface area contributed by atoms with E-state index in [1.54, 1.807) is 35.8 Å². The van der Waals surface area contributed by atoms with E-state index in [4.69, 9.17) is 23.9 Å². The van der Waals surface area contributed by atoms with Crippen molar-refractivity contribution in [3.63, 3.8) is 0 Å². The number of para-hydroxylation sites is 1. The van der Waals surface area contributed by atoms with Crippen LogP contribution >= 0.6 is 11.3 Å². The van der Waals surface area contributed by atoms with Crippen molar-refractivity contribution < 1.29 is 23.7 Å². The molecule has 0 fully saturated rings. The predicted molar refractivity (Wildman–Crippen MR) is 196 cm³/mol. The average molecular weight is 689 g/mol. The number of esters is 1. The second-order valence-electron chi connectivity index (χ2n) is 12.8. The summed E-state index contributed by atoms with van der Waals surface area (Å²) < 4.78 is 25.7. The molecule has 256 valence electrons. The van der Waals surface area contributed by atoms with Gasteiger partial charge >= 0.3 is 5.97 Å². The van der Waals surface area contributed by atoms with Gasteiger partial charge in [-0.15, -0.1) is 0 Å². The van der Waals surface area contributed by atoms with E-state index < -0.39 is 12.0 Å². The number of carbonyl (C=O) groups is 1. The Bertz CT molecular complexity index is 2180. The van der Waals surface area contributed by atoms with Crippen molar-refractivity contribution in [2.24, 2.45) is 4.99 Å². The molecular weight excluding hydrogens is 649 g/mol. The van der Waals surface area contributed by atoms with Gasteiger partial charge in [0.2, 0.25) is 0 Å². The molecule has 0 bridgehead atoms. The van der Waals surface area contributed by atoms with Gasteiger partial charge in [0.15, 0.2) is 16.3 Å². The quantitative estimate of drug-likeness (QED) is 0.0845. The monoisotopic (exact) mass is 688 g/mol. The van der Waals surface area contributed by atoms with Crippen molar-refractivity contribution in [3.05, 3.63) is 151 Å². The zero-order valence-corrected chi connectivity index (χ0v) is 29.7. The Balaban J connectivity index is 1.25. The topological polar surface area (TPSA) is 88.4 Å². The molecule has 0 amide bonds. The van der Waals surface area contributed by atoms with Gasteiger partial charge < -0.3 is 18.9 Å². The summed E-state index contributed by atoms with van der Waals surface area (Å²) in [5.41, 5.74) is 3.42. The van der Waals surface area contributed by atoms with Crippen LogP contribution in [0.4, 0.5) is 0 Å². The van der Waals surface area contributed by atoms with E-state index in [0.717, 1.165) is 16.9 Å². The Morgan fingerprint density at radius 2 is 1.52 bits per heavy atom. The van der Waals surface area contributed by atoms with Gasteiger partial charge in [-0.2, -0.15) is 0 Å². The second-order valence-corrected chi connectivity index (χ2v) is 13.8. The van der Waals surface area contributed by atoms with Gasteiger partial charge in [-0.3, -0.25) is 9.36 Å². The molecule has 8 nitrogen and oxygen atoms in total. The number of hydrogen-bond donors (Lipinski definition) is 0. The van der Waals surface area contributed by atoms with Crippen LogP contribution in [-0.2, 0) is 10.2 Å². The van der Waals surface area contributed by atoms with Crippen molar-refractivity contribution >= 4 is 23.4 Å². The number of allylic oxidation sites excluding steroid dienone is 1. The second kappa shape index (κ2) is 15.0. The molecule has 4 aromatic carbocycles. The van der Waals surface area contributed by atoms with E-state index in [1.807, 2.05) is 79.7 Å². The third kappa shape index (κ3) is 7.74. The SMILES string of the molecule is CCOc1cc(/C=c2\sc3n(c2=O)[C@@H](c2ccccc2)C(C(=O)Oc2ccccc2)=C(C)N=3)ccc1OCCOc1ccc(C(C)(C)C)cc1. The highest BCUT2D eigenvalue weighted by Crippen LogP contribution is 2.32. The fourth-order valence-corrected chi connectivity index (χ4v) is 6.75. The molecule has 0 spiro atoms. The number of thiazole rings is 1. The molecule has 0 unspecified atom stereocenters. The van der Waals surface area contributed by atoms with Crippen LogP contribution in [0.5, 0.6) is 23.0 Å². The molecule has 5 aromatic rings. The van der Waals surface area contributed by atoms with Crippen LogP contribution in [0.3, 0.4) is 0 Å². The number of rotatable bonds is 11. The summed E-state index contributed by atoms with van der Waals surface area (Å²) in [6, 6.07) is 31.3. The lowest BCUT2D eigenvalue weighted by atomic mass is 9.87. The normalized spacial score (nSPS) is 14.5. The summed E-state index contributed by atoms with van der Waals surface area (Å²) in [5, 5.41) is 0. The number of ether oxygens (including phenoxy) is 4. The first-order valence-electron chi connectivity index (χ1n) is 16.6. The van der Waals surface area contributed by atoms with E-state index in [1.165, 1.54) is 16.9 Å². The number of fused-ring (bicyclic) bond motifs is 1. The number of hydrogen-bond acceptors (Lipinski definition) is 8. The van der Waals surface area contributed by atoms with E-state index in [9.17, 15) is 9.59 Å². The van der Waals surface area contributed by atoms with Crippen LogP contribution in [0.1, 0.15) is 57.4 Å². The summed E-state index contributed by atoms with van der Waals surface area (Å²) in [4.78, 5) is 33.0. The van der Waals surface area contributed by atoms with Crippen LogP contribution in [0, 0.1) is 0 Å². The molecule has 0 saturated heterocycles. The molecule has 50 heavy (non-hydrogen) atoms. The highest BCUT2D eigenvalue weighted by molar-refractivity contribution is 7.07. The molecule has 2 heterocycles. The van der Waals surface area contributed by atoms with Gasteiger partial charge in [0.1, 0.15) is 24.7 Å². The molecule has 1 aromatic heterocycles. The smallest absolute Gasteiger partial charge is 0.343 e. The van der Waals surface area contributed by atoms with Crippen LogP contribution < -0.4 is 33.8 Å². The molecule has 0 aliphatic carbocycles. The third-order valence-corrected chi connectivity index (χ3v) is 9.19. The minimum absolute atomic E-state index is 0.0794. The lowest BCUT2D eigenvalue weighted by Gasteiger charge is -2.24. The van der Waals surface area contributed by atoms with Crippen molar-refractivity contribution in [1.82, 2.24) is 4.57 Å². The Morgan fingerprint density at radius 1 is 0.840 bits per heavy atom. The first kappa shape index (κ1) is 34.5. The number of aromatic nitrogens is 1. The van der Waals surface area contributed by atoms with E-state index in [2.05, 4.69) is 32.9 Å². The zero-order valence-electron chi connectivity index (χ0n) is 28.8. The van der Waals surface area contributed by atoms with Crippen molar-refractivity contribution in [3.8, 4) is 23.0 Å². The molecule has 0 N–H and O–H groups in total. The Morgan fingerprint density at radius 3 is 2.20 bits per heavy atom. The van der Waals surface area contributed by atoms with Crippen LogP contribution in [0.2, 0.25) is 0 Å². The summed E-state index contributed by atoms with van der Waals surface area (Å²) in [6.07, 6.45) is 1.81. The number of benzene rings is 4. The molecule has 1 aliphatic heterocycles. The van der Waals surface area contributed by atoms with Crippen molar-refractivity contribution in [2.75, 3.05) is 19.8 Å². The largest absolute Gasteiger partial charge is 0.490 e. The maximum atomic E-state index is 14.1. The van der Waals surface area contributed by atoms with E-state index >= 15 is 0 Å². The molecule has 9 heteroatoms. The Hall–Kier alpha value is -5.41. The standard InChI is InChI=1S/C41H40N2O6S/c1-6-46-34-25-28(17-22-33(34)48-24-23-47-31-20-18-30(19-21-31)41(3,4)5)26-35-38(44)43-37(29-13-9-7-10-14-29)36(27(2)42-40(43)50-35)39(45)49-32-15-11-8-12-16-32/h7-22,25-26,37H,6,23-24H2,1-5H3/b35-26-/t37-/m0/s1. The van der Waals surface area contributed by atoms with Crippen LogP contribution in [0.25, 0.3) is 6.08 Å². The molecule has 1 aliphatic rings. The molecule has 0 radical (unpaired) electrons. The fourth-order valence-electron chi connectivity index (χ4n) is 5.70. The van der Waals surface area contributed by atoms with E-state index in [-0.39, 0.29) is 11.0 Å². The van der Waals surface area contributed by atoms with Gasteiger partial charge in [0, 0.05) is 0 Å². The third-order valence-electron chi connectivity index (χ3n) is 8.21. The summed E-state index contributed by atoms with van der Waals surface area (Å²) in [6.45, 7) is 11.4. The summed E-state index contributed by atoms with van der Waals surface area (Å²) in [7, 11) is 0. The first-order chi connectivity index (χ1) is 24.1. The van der Waals surface area contributed by atoms with Gasteiger partial charge in [0.05, 0.1) is 28.5 Å². The first-order valence-corrected chi connectivity index (χ1v) is 17.4. The van der Waals surface area contributed by atoms with Gasteiger partial charge in [-0.1, -0.05) is 98.8 Å².